The molecule has 36 heavy (non-hydrogen) atoms. The number of aliphatic hydroxyl groups is 1. The molecule has 186 valence electrons. The van der Waals surface area contributed by atoms with Gasteiger partial charge in [0.1, 0.15) is 12.3 Å². The maximum absolute atomic E-state index is 14.0. The van der Waals surface area contributed by atoms with Crippen LogP contribution in [0.3, 0.4) is 0 Å². The summed E-state index contributed by atoms with van der Waals surface area (Å²) in [6, 6.07) is 7.25. The molecule has 0 bridgehead atoms. The van der Waals surface area contributed by atoms with Gasteiger partial charge in [-0.15, -0.1) is 5.10 Å². The highest BCUT2D eigenvalue weighted by Gasteiger charge is 2.34. The Morgan fingerprint density at radius 1 is 1.22 bits per heavy atom. The Kier molecular flexibility index (Phi) is 6.91. The largest absolute Gasteiger partial charge is 0.390 e. The molecule has 3 aromatic heterocycles. The molecule has 3 heterocycles. The van der Waals surface area contributed by atoms with Crippen molar-refractivity contribution >= 4 is 17.5 Å². The molecular weight excluding hydrogens is 496 g/mol. The summed E-state index contributed by atoms with van der Waals surface area (Å²) >= 11 is 6.17. The molecule has 10 nitrogen and oxygen atoms in total. The fourth-order valence-electron chi connectivity index (χ4n) is 3.55. The van der Waals surface area contributed by atoms with Crippen molar-refractivity contribution in [3.63, 3.8) is 0 Å². The number of carbonyl (C=O) groups excluding carboxylic acids is 1. The van der Waals surface area contributed by atoms with Crippen LogP contribution in [0.25, 0.3) is 16.9 Å². The Labute approximate surface area is 208 Å². The summed E-state index contributed by atoms with van der Waals surface area (Å²) in [7, 11) is 1.71. The van der Waals surface area contributed by atoms with Crippen LogP contribution < -0.4 is 10.9 Å². The number of aliphatic hydroxyl groups excluding tert-OH is 1. The molecule has 0 aliphatic heterocycles. The van der Waals surface area contributed by atoms with Gasteiger partial charge in [0.05, 0.1) is 34.8 Å². The average molecular weight is 516 g/mol. The summed E-state index contributed by atoms with van der Waals surface area (Å²) in [4.78, 5) is 29.6. The van der Waals surface area contributed by atoms with Crippen molar-refractivity contribution in [3.8, 4) is 16.9 Å². The van der Waals surface area contributed by atoms with Gasteiger partial charge < -0.3 is 10.4 Å². The minimum atomic E-state index is -3.54. The second kappa shape index (κ2) is 9.91. The Morgan fingerprint density at radius 3 is 2.69 bits per heavy atom. The van der Waals surface area contributed by atoms with Crippen molar-refractivity contribution < 1.29 is 18.7 Å². The van der Waals surface area contributed by atoms with Gasteiger partial charge in [-0.2, -0.15) is 18.6 Å². The second-order valence-electron chi connectivity index (χ2n) is 7.91. The van der Waals surface area contributed by atoms with Crippen LogP contribution in [-0.2, 0) is 13.0 Å². The number of rotatable bonds is 7. The first-order valence-electron chi connectivity index (χ1n) is 10.6. The van der Waals surface area contributed by atoms with Crippen LogP contribution in [0.5, 0.6) is 0 Å². The van der Waals surface area contributed by atoms with E-state index in [1.165, 1.54) is 30.5 Å². The van der Waals surface area contributed by atoms with Crippen molar-refractivity contribution in [1.29, 1.82) is 0 Å². The van der Waals surface area contributed by atoms with Crippen molar-refractivity contribution in [1.82, 2.24) is 35.1 Å². The highest BCUT2D eigenvalue weighted by atomic mass is 35.5. The van der Waals surface area contributed by atoms with Crippen LogP contribution >= 0.6 is 11.6 Å². The third kappa shape index (κ3) is 4.86. The molecule has 0 spiro atoms. The minimum absolute atomic E-state index is 0.0954. The molecule has 4 rings (SSSR count). The van der Waals surface area contributed by atoms with Crippen LogP contribution in [-0.4, -0.2) is 47.4 Å². The molecule has 1 atom stereocenters. The highest BCUT2D eigenvalue weighted by molar-refractivity contribution is 6.32. The quantitative estimate of drug-likeness (QED) is 0.387. The Bertz CT molecular complexity index is 1490. The highest BCUT2D eigenvalue weighted by Crippen LogP contribution is 2.36. The lowest BCUT2D eigenvalue weighted by Crippen LogP contribution is -2.31. The number of nitrogens with one attached hydrogen (secondary N) is 1. The summed E-state index contributed by atoms with van der Waals surface area (Å²) in [5.74, 6) is -4.20. The number of benzene rings is 1. The van der Waals surface area contributed by atoms with Crippen molar-refractivity contribution in [2.45, 2.75) is 18.9 Å². The molecule has 0 unspecified atom stereocenters. The fourth-order valence-corrected chi connectivity index (χ4v) is 3.98. The minimum Gasteiger partial charge on any atom is -0.390 e. The van der Waals surface area contributed by atoms with E-state index in [4.69, 9.17) is 16.7 Å². The van der Waals surface area contributed by atoms with E-state index in [2.05, 4.69) is 25.7 Å². The number of nitrogens with zero attached hydrogens (tertiary/aromatic N) is 6. The zero-order chi connectivity index (χ0) is 26.0. The molecule has 1 amide bonds. The smallest absolute Gasteiger partial charge is 0.297 e. The van der Waals surface area contributed by atoms with E-state index in [1.807, 2.05) is 0 Å². The lowest BCUT2D eigenvalue weighted by Gasteiger charge is -2.21. The number of amides is 1. The number of halogens is 3. The number of carbonyl (C=O) groups is 1. The SMILES string of the molecule is C[C@@H](NC(=O)c1ccc(=O)n(-c2cncc(-c3cnnn3C)c2)n1)c1cccc(C(F)(F)CO)c1Cl. The zero-order valence-electron chi connectivity index (χ0n) is 19.1. The van der Waals surface area contributed by atoms with E-state index >= 15 is 0 Å². The van der Waals surface area contributed by atoms with Gasteiger partial charge in [0.2, 0.25) is 0 Å². The molecular formula is C23H20ClF2N7O3. The molecule has 0 aliphatic carbocycles. The molecule has 0 fully saturated rings. The maximum Gasteiger partial charge on any atom is 0.297 e. The van der Waals surface area contributed by atoms with Crippen molar-refractivity contribution in [3.05, 3.63) is 87.2 Å². The van der Waals surface area contributed by atoms with Gasteiger partial charge in [-0.3, -0.25) is 14.6 Å². The topological polar surface area (TPSA) is 128 Å². The molecule has 4 aromatic rings. The summed E-state index contributed by atoms with van der Waals surface area (Å²) < 4.78 is 30.6. The standard InChI is InChI=1S/C23H20ClF2N7O3/c1-13(16-4-3-5-17(21(16)24)23(25,26)12-34)29-22(36)18-6-7-20(35)33(30-18)15-8-14(9-27-10-15)19-11-28-31-32(19)2/h3-11,13,34H,12H2,1-2H3,(H,29,36)/t13-/m1/s1. The summed E-state index contributed by atoms with van der Waals surface area (Å²) in [6.45, 7) is 0.154. The van der Waals surface area contributed by atoms with Crippen LogP contribution in [0.2, 0.25) is 5.02 Å². The number of pyridine rings is 1. The maximum atomic E-state index is 14.0. The average Bonchev–Trinajstić information content (AvgIpc) is 3.30. The number of alkyl halides is 2. The molecule has 1 aromatic carbocycles. The van der Waals surface area contributed by atoms with Gasteiger partial charge in [-0.05, 0) is 24.6 Å². The lowest BCUT2D eigenvalue weighted by molar-refractivity contribution is -0.0555. The van der Waals surface area contributed by atoms with Crippen LogP contribution in [0.1, 0.15) is 34.6 Å². The van der Waals surface area contributed by atoms with E-state index in [0.29, 0.717) is 16.9 Å². The number of aryl methyl sites for hydroxylation is 1. The van der Waals surface area contributed by atoms with Crippen LogP contribution in [0.15, 0.2) is 59.8 Å². The first-order valence-corrected chi connectivity index (χ1v) is 11.0. The normalized spacial score (nSPS) is 12.4. The van der Waals surface area contributed by atoms with E-state index in [9.17, 15) is 18.4 Å². The van der Waals surface area contributed by atoms with Gasteiger partial charge in [0, 0.05) is 30.4 Å². The molecule has 2 N–H and O–H groups in total. The monoisotopic (exact) mass is 515 g/mol. The predicted octanol–water partition coefficient (Wildman–Crippen LogP) is 2.65. The zero-order valence-corrected chi connectivity index (χ0v) is 19.8. The molecule has 0 saturated carbocycles. The van der Waals surface area contributed by atoms with Gasteiger partial charge in [0.25, 0.3) is 17.4 Å². The van der Waals surface area contributed by atoms with Crippen molar-refractivity contribution in [2.75, 3.05) is 6.61 Å². The summed E-state index contributed by atoms with van der Waals surface area (Å²) in [6.07, 6.45) is 4.53. The van der Waals surface area contributed by atoms with E-state index in [1.54, 1.807) is 37.1 Å². The predicted molar refractivity (Wildman–Crippen MR) is 126 cm³/mol. The van der Waals surface area contributed by atoms with E-state index < -0.39 is 35.6 Å². The van der Waals surface area contributed by atoms with Crippen LogP contribution in [0.4, 0.5) is 8.78 Å². The van der Waals surface area contributed by atoms with Gasteiger partial charge in [-0.1, -0.05) is 35.0 Å². The fraction of sp³-hybridized carbons (Fsp3) is 0.217. The third-order valence-electron chi connectivity index (χ3n) is 5.45. The van der Waals surface area contributed by atoms with Gasteiger partial charge in [-0.25, -0.2) is 4.68 Å². The number of aromatic nitrogens is 6. The van der Waals surface area contributed by atoms with E-state index in [0.717, 1.165) is 10.7 Å². The van der Waals surface area contributed by atoms with Crippen molar-refractivity contribution in [2.24, 2.45) is 7.05 Å². The molecule has 0 aliphatic rings. The second-order valence-corrected chi connectivity index (χ2v) is 8.29. The Hall–Kier alpha value is -4.03. The van der Waals surface area contributed by atoms with Gasteiger partial charge in [0.15, 0.2) is 0 Å². The van der Waals surface area contributed by atoms with E-state index in [-0.39, 0.29) is 16.3 Å². The molecule has 0 saturated heterocycles. The third-order valence-corrected chi connectivity index (χ3v) is 5.87. The molecule has 0 radical (unpaired) electrons. The Morgan fingerprint density at radius 2 is 2.00 bits per heavy atom. The van der Waals surface area contributed by atoms with Gasteiger partial charge >= 0.3 is 0 Å². The lowest BCUT2D eigenvalue weighted by atomic mass is 10.0. The molecule has 13 heteroatoms. The first-order chi connectivity index (χ1) is 17.1. The first kappa shape index (κ1) is 25.1. The summed E-state index contributed by atoms with van der Waals surface area (Å²) in [5, 5.41) is 23.2. The summed E-state index contributed by atoms with van der Waals surface area (Å²) in [5.41, 5.74) is 0.685. The Balaban J connectivity index is 1.62. The number of hydrogen-bond acceptors (Lipinski definition) is 7. The van der Waals surface area contributed by atoms with Crippen LogP contribution in [0, 0.1) is 0 Å². The number of hydrogen-bond donors (Lipinski definition) is 2.